The topological polar surface area (TPSA) is 64.6 Å². The number of allylic oxidation sites excluding steroid dienone is 1. The SMILES string of the molecule is COC(=O)/C(=C\C(C)C(C)(C)C)NC(=O)OC(C)(C)C. The lowest BCUT2D eigenvalue weighted by atomic mass is 9.81. The zero-order chi connectivity index (χ0) is 16.1. The fraction of sp³-hybridized carbons (Fsp3) is 0.733. The van der Waals surface area contributed by atoms with Crippen molar-refractivity contribution in [2.75, 3.05) is 7.11 Å². The molecular formula is C15H27NO4. The largest absolute Gasteiger partial charge is 0.464 e. The van der Waals surface area contributed by atoms with Crippen LogP contribution in [0.3, 0.4) is 0 Å². The molecule has 0 saturated carbocycles. The second kappa shape index (κ2) is 6.77. The molecule has 0 aliphatic rings. The Balaban J connectivity index is 5.06. The zero-order valence-electron chi connectivity index (χ0n) is 13.8. The Labute approximate surface area is 121 Å². The van der Waals surface area contributed by atoms with E-state index in [2.05, 4.69) is 30.8 Å². The summed E-state index contributed by atoms with van der Waals surface area (Å²) in [6, 6.07) is 0. The van der Waals surface area contributed by atoms with Crippen LogP contribution in [0.15, 0.2) is 11.8 Å². The molecule has 0 spiro atoms. The highest BCUT2D eigenvalue weighted by atomic mass is 16.6. The third-order valence-electron chi connectivity index (χ3n) is 2.82. The van der Waals surface area contributed by atoms with Gasteiger partial charge in [0, 0.05) is 0 Å². The monoisotopic (exact) mass is 285 g/mol. The van der Waals surface area contributed by atoms with Gasteiger partial charge in [0.15, 0.2) is 0 Å². The van der Waals surface area contributed by atoms with E-state index in [9.17, 15) is 9.59 Å². The first-order chi connectivity index (χ1) is 8.86. The molecule has 5 nitrogen and oxygen atoms in total. The number of alkyl carbamates (subject to hydrolysis) is 1. The van der Waals surface area contributed by atoms with Crippen LogP contribution in [0.25, 0.3) is 0 Å². The maximum absolute atomic E-state index is 11.7. The summed E-state index contributed by atoms with van der Waals surface area (Å²) >= 11 is 0. The minimum Gasteiger partial charge on any atom is -0.464 e. The highest BCUT2D eigenvalue weighted by molar-refractivity contribution is 5.92. The molecule has 1 atom stereocenters. The summed E-state index contributed by atoms with van der Waals surface area (Å²) in [4.78, 5) is 23.5. The van der Waals surface area contributed by atoms with Gasteiger partial charge in [-0.25, -0.2) is 9.59 Å². The minimum absolute atomic E-state index is 0.0329. The van der Waals surface area contributed by atoms with Crippen LogP contribution in [0, 0.1) is 11.3 Å². The standard InChI is InChI=1S/C15H27NO4/c1-10(14(2,3)4)9-11(12(17)19-8)16-13(18)20-15(5,6)7/h9-10H,1-8H3,(H,16,18)/b11-9+. The van der Waals surface area contributed by atoms with Crippen LogP contribution in [0.4, 0.5) is 4.79 Å². The fourth-order valence-corrected chi connectivity index (χ4v) is 1.18. The molecule has 5 heteroatoms. The lowest BCUT2D eigenvalue weighted by Gasteiger charge is -2.25. The van der Waals surface area contributed by atoms with E-state index in [0.29, 0.717) is 0 Å². The predicted octanol–water partition coefficient (Wildman–Crippen LogP) is 3.25. The van der Waals surface area contributed by atoms with Crippen molar-refractivity contribution in [3.05, 3.63) is 11.8 Å². The molecule has 1 unspecified atom stereocenters. The summed E-state index contributed by atoms with van der Waals surface area (Å²) in [6.07, 6.45) is 1.02. The predicted molar refractivity (Wildman–Crippen MR) is 78.1 cm³/mol. The number of rotatable bonds is 3. The van der Waals surface area contributed by atoms with Crippen LogP contribution in [0.2, 0.25) is 0 Å². The first-order valence-electron chi connectivity index (χ1n) is 6.67. The van der Waals surface area contributed by atoms with Crippen LogP contribution >= 0.6 is 0 Å². The molecule has 116 valence electrons. The Morgan fingerprint density at radius 3 is 1.95 bits per heavy atom. The molecule has 1 N–H and O–H groups in total. The molecule has 0 bridgehead atoms. The van der Waals surface area contributed by atoms with Gasteiger partial charge in [0.05, 0.1) is 7.11 Å². The van der Waals surface area contributed by atoms with Gasteiger partial charge in [0.25, 0.3) is 0 Å². The van der Waals surface area contributed by atoms with Gasteiger partial charge in [-0.3, -0.25) is 5.32 Å². The number of ether oxygens (including phenoxy) is 2. The lowest BCUT2D eigenvalue weighted by Crippen LogP contribution is -2.35. The van der Waals surface area contributed by atoms with Gasteiger partial charge in [0.2, 0.25) is 0 Å². The Bertz CT molecular complexity index is 386. The fourth-order valence-electron chi connectivity index (χ4n) is 1.18. The molecule has 0 saturated heterocycles. The Morgan fingerprint density at radius 2 is 1.60 bits per heavy atom. The van der Waals surface area contributed by atoms with E-state index in [1.807, 2.05) is 6.92 Å². The van der Waals surface area contributed by atoms with Crippen molar-refractivity contribution in [3.63, 3.8) is 0 Å². The highest BCUT2D eigenvalue weighted by Gasteiger charge is 2.24. The summed E-state index contributed by atoms with van der Waals surface area (Å²) in [5, 5.41) is 2.45. The number of amides is 1. The number of hydrogen-bond acceptors (Lipinski definition) is 4. The third kappa shape index (κ3) is 7.16. The molecule has 0 aliphatic carbocycles. The average Bonchev–Trinajstić information content (AvgIpc) is 2.22. The molecule has 0 fully saturated rings. The molecule has 0 rings (SSSR count). The second-order valence-electron chi connectivity index (χ2n) is 6.85. The summed E-state index contributed by atoms with van der Waals surface area (Å²) in [7, 11) is 1.27. The summed E-state index contributed by atoms with van der Waals surface area (Å²) in [5.41, 5.74) is -0.556. The number of carbonyl (C=O) groups is 2. The van der Waals surface area contributed by atoms with Crippen molar-refractivity contribution >= 4 is 12.1 Å². The second-order valence-corrected chi connectivity index (χ2v) is 6.85. The number of methoxy groups -OCH3 is 1. The van der Waals surface area contributed by atoms with E-state index in [1.165, 1.54) is 7.11 Å². The molecular weight excluding hydrogens is 258 g/mol. The Kier molecular flexibility index (Phi) is 6.26. The van der Waals surface area contributed by atoms with Crippen molar-refractivity contribution < 1.29 is 19.1 Å². The van der Waals surface area contributed by atoms with E-state index in [-0.39, 0.29) is 17.0 Å². The number of nitrogens with one attached hydrogen (secondary N) is 1. The van der Waals surface area contributed by atoms with Gasteiger partial charge in [-0.05, 0) is 38.2 Å². The van der Waals surface area contributed by atoms with Crippen LogP contribution in [-0.2, 0) is 14.3 Å². The van der Waals surface area contributed by atoms with Gasteiger partial charge in [0.1, 0.15) is 11.3 Å². The van der Waals surface area contributed by atoms with Crippen LogP contribution in [0.1, 0.15) is 48.5 Å². The first-order valence-corrected chi connectivity index (χ1v) is 6.67. The minimum atomic E-state index is -0.671. The maximum atomic E-state index is 11.7. The molecule has 0 radical (unpaired) electrons. The van der Waals surface area contributed by atoms with E-state index >= 15 is 0 Å². The summed E-state index contributed by atoms with van der Waals surface area (Å²) < 4.78 is 9.81. The molecule has 0 aromatic heterocycles. The molecule has 0 aromatic carbocycles. The molecule has 1 amide bonds. The highest BCUT2D eigenvalue weighted by Crippen LogP contribution is 2.27. The van der Waals surface area contributed by atoms with Gasteiger partial charge >= 0.3 is 12.1 Å². The molecule has 20 heavy (non-hydrogen) atoms. The van der Waals surface area contributed by atoms with Crippen LogP contribution < -0.4 is 5.32 Å². The smallest absolute Gasteiger partial charge is 0.412 e. The maximum Gasteiger partial charge on any atom is 0.412 e. The van der Waals surface area contributed by atoms with Gasteiger partial charge < -0.3 is 9.47 Å². The van der Waals surface area contributed by atoms with E-state index in [0.717, 1.165) is 0 Å². The van der Waals surface area contributed by atoms with Gasteiger partial charge in [-0.15, -0.1) is 0 Å². The van der Waals surface area contributed by atoms with E-state index < -0.39 is 17.7 Å². The van der Waals surface area contributed by atoms with Gasteiger partial charge in [-0.2, -0.15) is 0 Å². The van der Waals surface area contributed by atoms with Crippen molar-refractivity contribution in [1.82, 2.24) is 5.32 Å². The van der Waals surface area contributed by atoms with Crippen LogP contribution in [0.5, 0.6) is 0 Å². The zero-order valence-corrected chi connectivity index (χ0v) is 13.8. The van der Waals surface area contributed by atoms with E-state index in [4.69, 9.17) is 4.74 Å². The van der Waals surface area contributed by atoms with Crippen molar-refractivity contribution in [2.45, 2.75) is 54.1 Å². The summed E-state index contributed by atoms with van der Waals surface area (Å²) in [6.45, 7) is 13.4. The molecule has 0 aliphatic heterocycles. The Morgan fingerprint density at radius 1 is 1.10 bits per heavy atom. The molecule has 0 heterocycles. The van der Waals surface area contributed by atoms with Crippen LogP contribution in [-0.4, -0.2) is 24.8 Å². The normalized spacial score (nSPS) is 14.5. The average molecular weight is 285 g/mol. The first kappa shape index (κ1) is 18.5. The third-order valence-corrected chi connectivity index (χ3v) is 2.82. The van der Waals surface area contributed by atoms with Crippen molar-refractivity contribution in [1.29, 1.82) is 0 Å². The quantitative estimate of drug-likeness (QED) is 0.638. The number of carbonyl (C=O) groups excluding carboxylic acids is 2. The summed E-state index contributed by atoms with van der Waals surface area (Å²) in [5.74, 6) is -0.515. The van der Waals surface area contributed by atoms with Crippen molar-refractivity contribution in [3.8, 4) is 0 Å². The van der Waals surface area contributed by atoms with Crippen molar-refractivity contribution in [2.24, 2.45) is 11.3 Å². The molecule has 0 aromatic rings. The van der Waals surface area contributed by atoms with E-state index in [1.54, 1.807) is 26.8 Å². The number of esters is 1. The lowest BCUT2D eigenvalue weighted by molar-refractivity contribution is -0.136. The Hall–Kier alpha value is -1.52. The van der Waals surface area contributed by atoms with Gasteiger partial charge in [-0.1, -0.05) is 27.7 Å². The number of hydrogen-bond donors (Lipinski definition) is 1.